The number of aromatic carboxylic acids is 1. The molecule has 228 valence electrons. The van der Waals surface area contributed by atoms with Gasteiger partial charge in [-0.25, -0.2) is 28.9 Å². The quantitative estimate of drug-likeness (QED) is 0.212. The van der Waals surface area contributed by atoms with E-state index in [1.165, 1.54) is 30.9 Å². The number of halogens is 1. The zero-order chi connectivity index (χ0) is 30.6. The van der Waals surface area contributed by atoms with Crippen LogP contribution in [0.5, 0.6) is 0 Å². The molecular formula is C30H30FN7O6. The summed E-state index contributed by atoms with van der Waals surface area (Å²) in [6, 6.07) is 13.2. The molecule has 2 amide bonds. The molecule has 0 aliphatic carbocycles. The van der Waals surface area contributed by atoms with Gasteiger partial charge in [0.05, 0.1) is 11.9 Å². The summed E-state index contributed by atoms with van der Waals surface area (Å²) in [4.78, 5) is 36.8. The summed E-state index contributed by atoms with van der Waals surface area (Å²) in [5, 5.41) is 18.0. The maximum atomic E-state index is 14.5. The normalized spacial score (nSPS) is 22.8. The number of urea groups is 1. The predicted octanol–water partition coefficient (Wildman–Crippen LogP) is 3.32. The monoisotopic (exact) mass is 603 g/mol. The van der Waals surface area contributed by atoms with E-state index in [2.05, 4.69) is 30.9 Å². The first-order valence-corrected chi connectivity index (χ1v) is 14.1. The minimum atomic E-state index is -1.21. The molecule has 13 nitrogen and oxygen atoms in total. The number of imidazole rings is 1. The van der Waals surface area contributed by atoms with Gasteiger partial charge in [0.2, 0.25) is 0 Å². The highest BCUT2D eigenvalue weighted by molar-refractivity contribution is 5.95. The lowest BCUT2D eigenvalue weighted by Gasteiger charge is -2.21. The fourth-order valence-electron chi connectivity index (χ4n) is 5.31. The van der Waals surface area contributed by atoms with E-state index in [-0.39, 0.29) is 30.0 Å². The van der Waals surface area contributed by atoms with Gasteiger partial charge in [-0.1, -0.05) is 42.5 Å². The molecule has 4 heterocycles. The number of amides is 2. The van der Waals surface area contributed by atoms with Crippen LogP contribution in [0.15, 0.2) is 67.3 Å². The number of benzene rings is 2. The minimum Gasteiger partial charge on any atom is -0.478 e. The zero-order valence-electron chi connectivity index (χ0n) is 23.6. The van der Waals surface area contributed by atoms with Crippen molar-refractivity contribution in [3.05, 3.63) is 89.8 Å². The summed E-state index contributed by atoms with van der Waals surface area (Å²) >= 11 is 0. The van der Waals surface area contributed by atoms with E-state index in [4.69, 9.17) is 14.2 Å². The van der Waals surface area contributed by atoms with Crippen LogP contribution in [0.25, 0.3) is 17.2 Å². The number of aromatic nitrogens is 4. The standard InChI is InChI=1S/C30H30FN7O6/c1-2-33-30(41)37-26-23-27(35-15-34-26)38(16-36-23)28-25-24(43-22(44-25)12-11-17-7-4-3-5-8-17)21(42-28)14-32-13-19-18(29(39)40)9-6-10-20(19)31/h3-12,15-16,21-22,24-25,28,32H,2,13-14H2,1H3,(H,39,40)(H2,33,34,35,37,41)/b12-11+/t21?,22-,24?,25?,28?/m0/s1. The molecule has 0 saturated carbocycles. The molecule has 4 unspecified atom stereocenters. The second-order valence-electron chi connectivity index (χ2n) is 10.1. The second kappa shape index (κ2) is 12.9. The van der Waals surface area contributed by atoms with Crippen LogP contribution in [0.1, 0.15) is 34.6 Å². The molecule has 0 spiro atoms. The first-order chi connectivity index (χ1) is 21.4. The molecule has 4 N–H and O–H groups in total. The Morgan fingerprint density at radius 2 is 1.86 bits per heavy atom. The van der Waals surface area contributed by atoms with Crippen LogP contribution >= 0.6 is 0 Å². The number of hydrogen-bond donors (Lipinski definition) is 4. The van der Waals surface area contributed by atoms with E-state index >= 15 is 0 Å². The van der Waals surface area contributed by atoms with Gasteiger partial charge in [0.1, 0.15) is 30.5 Å². The van der Waals surface area contributed by atoms with Gasteiger partial charge >= 0.3 is 12.0 Å². The van der Waals surface area contributed by atoms with Gasteiger partial charge in [-0.2, -0.15) is 0 Å². The van der Waals surface area contributed by atoms with Crippen LogP contribution < -0.4 is 16.0 Å². The number of hydrogen-bond acceptors (Lipinski definition) is 9. The average molecular weight is 604 g/mol. The summed E-state index contributed by atoms with van der Waals surface area (Å²) in [5.74, 6) is -1.60. The number of carbonyl (C=O) groups excluding carboxylic acids is 1. The zero-order valence-corrected chi connectivity index (χ0v) is 23.6. The molecule has 2 fully saturated rings. The molecule has 2 aromatic heterocycles. The van der Waals surface area contributed by atoms with Crippen molar-refractivity contribution in [1.82, 2.24) is 30.2 Å². The topological polar surface area (TPSA) is 162 Å². The van der Waals surface area contributed by atoms with E-state index in [0.29, 0.717) is 17.7 Å². The van der Waals surface area contributed by atoms with Crippen molar-refractivity contribution in [2.75, 3.05) is 18.4 Å². The molecule has 14 heteroatoms. The number of carboxylic acid groups (broad SMARTS) is 1. The Balaban J connectivity index is 1.25. The summed E-state index contributed by atoms with van der Waals surface area (Å²) in [7, 11) is 0. The molecule has 2 aromatic carbocycles. The number of nitrogens with zero attached hydrogens (tertiary/aromatic N) is 4. The Labute approximate surface area is 251 Å². The number of carboxylic acids is 1. The van der Waals surface area contributed by atoms with Crippen molar-refractivity contribution in [3.8, 4) is 0 Å². The lowest BCUT2D eigenvalue weighted by atomic mass is 10.1. The van der Waals surface area contributed by atoms with E-state index in [1.807, 2.05) is 42.5 Å². The highest BCUT2D eigenvalue weighted by atomic mass is 19.1. The fourth-order valence-corrected chi connectivity index (χ4v) is 5.31. The second-order valence-corrected chi connectivity index (χ2v) is 10.1. The average Bonchev–Trinajstić information content (AvgIpc) is 3.72. The maximum Gasteiger partial charge on any atom is 0.336 e. The molecule has 6 rings (SSSR count). The lowest BCUT2D eigenvalue weighted by molar-refractivity contribution is -0.124. The van der Waals surface area contributed by atoms with E-state index in [1.54, 1.807) is 11.5 Å². The smallest absolute Gasteiger partial charge is 0.336 e. The molecule has 2 aliphatic heterocycles. The molecule has 5 atom stereocenters. The Hall–Kier alpha value is -4.76. The Morgan fingerprint density at radius 3 is 2.66 bits per heavy atom. The number of nitrogens with one attached hydrogen (secondary N) is 3. The van der Waals surface area contributed by atoms with Crippen LogP contribution in [0.3, 0.4) is 0 Å². The highest BCUT2D eigenvalue weighted by Gasteiger charge is 2.53. The Kier molecular flexibility index (Phi) is 8.56. The van der Waals surface area contributed by atoms with Gasteiger partial charge in [0.15, 0.2) is 29.5 Å². The van der Waals surface area contributed by atoms with Gasteiger partial charge in [0, 0.05) is 25.2 Å². The van der Waals surface area contributed by atoms with Crippen molar-refractivity contribution in [2.45, 2.75) is 44.3 Å². The van der Waals surface area contributed by atoms with E-state index < -0.39 is 48.6 Å². The summed E-state index contributed by atoms with van der Waals surface area (Å²) in [6.07, 6.45) is 3.50. The minimum absolute atomic E-state index is 0.0372. The summed E-state index contributed by atoms with van der Waals surface area (Å²) in [5.41, 5.74) is 1.68. The summed E-state index contributed by atoms with van der Waals surface area (Å²) < 4.78 is 35.2. The third-order valence-electron chi connectivity index (χ3n) is 7.31. The van der Waals surface area contributed by atoms with Crippen molar-refractivity contribution in [2.24, 2.45) is 0 Å². The largest absolute Gasteiger partial charge is 0.478 e. The van der Waals surface area contributed by atoms with E-state index in [0.717, 1.165) is 5.56 Å². The molecule has 0 radical (unpaired) electrons. The summed E-state index contributed by atoms with van der Waals surface area (Å²) in [6.45, 7) is 2.41. The van der Waals surface area contributed by atoms with Crippen LogP contribution in [0.2, 0.25) is 0 Å². The number of rotatable bonds is 10. The van der Waals surface area contributed by atoms with Crippen molar-refractivity contribution in [1.29, 1.82) is 0 Å². The third-order valence-corrected chi connectivity index (χ3v) is 7.31. The number of anilines is 1. The fraction of sp³-hybridized carbons (Fsp3) is 0.300. The Bertz CT molecular complexity index is 1680. The van der Waals surface area contributed by atoms with Gasteiger partial charge in [-0.05, 0) is 30.7 Å². The molecule has 2 saturated heterocycles. The molecule has 0 bridgehead atoms. The van der Waals surface area contributed by atoms with Gasteiger partial charge in [0.25, 0.3) is 0 Å². The predicted molar refractivity (Wildman–Crippen MR) is 156 cm³/mol. The van der Waals surface area contributed by atoms with Crippen LogP contribution in [0.4, 0.5) is 15.0 Å². The van der Waals surface area contributed by atoms with Crippen molar-refractivity contribution in [3.63, 3.8) is 0 Å². The van der Waals surface area contributed by atoms with Crippen LogP contribution in [-0.4, -0.2) is 74.3 Å². The first-order valence-electron chi connectivity index (χ1n) is 14.1. The van der Waals surface area contributed by atoms with Gasteiger partial charge in [-0.3, -0.25) is 9.88 Å². The lowest BCUT2D eigenvalue weighted by Crippen LogP contribution is -2.36. The molecule has 2 aliphatic rings. The molecule has 4 aromatic rings. The molecular weight excluding hydrogens is 573 g/mol. The maximum absolute atomic E-state index is 14.5. The van der Waals surface area contributed by atoms with Crippen molar-refractivity contribution >= 4 is 35.1 Å². The molecule has 44 heavy (non-hydrogen) atoms. The Morgan fingerprint density at radius 1 is 1.05 bits per heavy atom. The van der Waals surface area contributed by atoms with Crippen LogP contribution in [0, 0.1) is 5.82 Å². The first kappa shape index (κ1) is 29.3. The van der Waals surface area contributed by atoms with Gasteiger partial charge in [-0.15, -0.1) is 0 Å². The highest BCUT2D eigenvalue weighted by Crippen LogP contribution is 2.41. The third kappa shape index (κ3) is 6.01. The van der Waals surface area contributed by atoms with E-state index in [9.17, 15) is 19.1 Å². The number of ether oxygens (including phenoxy) is 3. The SMILES string of the molecule is CCNC(=O)Nc1ncnc2c1ncn2C1OC(CNCc2c(F)cccc2C(=O)O)C2O[C@H](/C=C/c3ccccc3)OC21. The van der Waals surface area contributed by atoms with Gasteiger partial charge < -0.3 is 30.0 Å². The van der Waals surface area contributed by atoms with Crippen LogP contribution in [-0.2, 0) is 20.8 Å². The van der Waals surface area contributed by atoms with Crippen molar-refractivity contribution < 1.29 is 33.3 Å². The number of carbonyl (C=O) groups is 2. The number of fused-ring (bicyclic) bond motifs is 2.